The second-order valence-electron chi connectivity index (χ2n) is 4.10. The Morgan fingerprint density at radius 2 is 1.67 bits per heavy atom. The largest absolute Gasteiger partial charge is 0.478 e. The Balaban J connectivity index is 2.29. The standard InChI is InChI=1S/C13H12N2O5S/c16-13(17)11-8-10(21(18,19)20)6-7-12(11)15-14-9-4-2-1-3-5-9/h1-8,14-15H,(H,16,17)(H,18,19,20). The first-order valence-electron chi connectivity index (χ1n) is 5.80. The number of benzene rings is 2. The van der Waals surface area contributed by atoms with Crippen LogP contribution in [0.5, 0.6) is 0 Å². The van der Waals surface area contributed by atoms with Crippen LogP contribution < -0.4 is 10.9 Å². The maximum atomic E-state index is 11.2. The SMILES string of the molecule is O=C(O)c1cc(S(=O)(=O)O)ccc1NNc1ccccc1. The van der Waals surface area contributed by atoms with E-state index in [2.05, 4.69) is 10.9 Å². The van der Waals surface area contributed by atoms with Crippen LogP contribution >= 0.6 is 0 Å². The molecule has 2 aromatic carbocycles. The lowest BCUT2D eigenvalue weighted by atomic mass is 10.2. The highest BCUT2D eigenvalue weighted by atomic mass is 32.2. The minimum atomic E-state index is -4.45. The van der Waals surface area contributed by atoms with Gasteiger partial charge in [-0.25, -0.2) is 4.79 Å². The Labute approximate surface area is 121 Å². The summed E-state index contributed by atoms with van der Waals surface area (Å²) >= 11 is 0. The van der Waals surface area contributed by atoms with Gasteiger partial charge in [0.1, 0.15) is 0 Å². The highest BCUT2D eigenvalue weighted by molar-refractivity contribution is 7.85. The van der Waals surface area contributed by atoms with E-state index in [0.29, 0.717) is 5.69 Å². The number of nitrogens with one attached hydrogen (secondary N) is 2. The average Bonchev–Trinajstić information content (AvgIpc) is 2.45. The Bertz CT molecular complexity index is 759. The smallest absolute Gasteiger partial charge is 0.337 e. The van der Waals surface area contributed by atoms with Crippen molar-refractivity contribution < 1.29 is 22.9 Å². The molecule has 21 heavy (non-hydrogen) atoms. The van der Waals surface area contributed by atoms with Crippen LogP contribution in [0.1, 0.15) is 10.4 Å². The summed E-state index contributed by atoms with van der Waals surface area (Å²) < 4.78 is 31.0. The number of hydrogen-bond acceptors (Lipinski definition) is 5. The monoisotopic (exact) mass is 308 g/mol. The molecule has 0 heterocycles. The molecule has 0 saturated heterocycles. The molecule has 0 saturated carbocycles. The predicted octanol–water partition coefficient (Wildman–Crippen LogP) is 2.07. The zero-order valence-corrected chi connectivity index (χ0v) is 11.5. The lowest BCUT2D eigenvalue weighted by Crippen LogP contribution is -2.13. The molecule has 7 nitrogen and oxygen atoms in total. The predicted molar refractivity (Wildman–Crippen MR) is 76.9 cm³/mol. The first-order valence-corrected chi connectivity index (χ1v) is 7.24. The summed E-state index contributed by atoms with van der Waals surface area (Å²) in [5.74, 6) is -1.32. The van der Waals surface area contributed by atoms with Crippen LogP contribution in [0.3, 0.4) is 0 Å². The zero-order chi connectivity index (χ0) is 15.5. The Morgan fingerprint density at radius 3 is 2.24 bits per heavy atom. The van der Waals surface area contributed by atoms with Gasteiger partial charge in [-0.05, 0) is 30.3 Å². The van der Waals surface area contributed by atoms with E-state index in [0.717, 1.165) is 12.1 Å². The van der Waals surface area contributed by atoms with Crippen LogP contribution in [-0.4, -0.2) is 24.0 Å². The van der Waals surface area contributed by atoms with Crippen molar-refractivity contribution in [3.05, 3.63) is 54.1 Å². The second kappa shape index (κ2) is 5.81. The van der Waals surface area contributed by atoms with Gasteiger partial charge in [0.05, 0.1) is 21.8 Å². The molecular formula is C13H12N2O5S. The number of hydrazine groups is 1. The zero-order valence-electron chi connectivity index (χ0n) is 10.6. The van der Waals surface area contributed by atoms with Crippen molar-refractivity contribution in [3.63, 3.8) is 0 Å². The van der Waals surface area contributed by atoms with Crippen LogP contribution in [0.15, 0.2) is 53.4 Å². The van der Waals surface area contributed by atoms with Crippen molar-refractivity contribution in [2.45, 2.75) is 4.90 Å². The number of carbonyl (C=O) groups is 1. The summed E-state index contributed by atoms with van der Waals surface area (Å²) in [5.41, 5.74) is 6.05. The summed E-state index contributed by atoms with van der Waals surface area (Å²) in [5, 5.41) is 9.11. The molecule has 8 heteroatoms. The highest BCUT2D eigenvalue weighted by Crippen LogP contribution is 2.21. The number of carboxylic acid groups (broad SMARTS) is 1. The molecule has 0 unspecified atom stereocenters. The normalized spacial score (nSPS) is 10.9. The summed E-state index contributed by atoms with van der Waals surface area (Å²) in [6, 6.07) is 12.2. The highest BCUT2D eigenvalue weighted by Gasteiger charge is 2.16. The van der Waals surface area contributed by atoms with Gasteiger partial charge in [0.15, 0.2) is 0 Å². The number of carboxylic acids is 1. The van der Waals surface area contributed by atoms with Crippen molar-refractivity contribution in [1.29, 1.82) is 0 Å². The second-order valence-corrected chi connectivity index (χ2v) is 5.53. The first-order chi connectivity index (χ1) is 9.88. The molecule has 0 spiro atoms. The topological polar surface area (TPSA) is 116 Å². The molecule has 0 aliphatic rings. The third-order valence-electron chi connectivity index (χ3n) is 2.63. The van der Waals surface area contributed by atoms with Crippen molar-refractivity contribution >= 4 is 27.5 Å². The van der Waals surface area contributed by atoms with E-state index in [1.165, 1.54) is 6.07 Å². The summed E-state index contributed by atoms with van der Waals surface area (Å²) in [6.45, 7) is 0. The van der Waals surface area contributed by atoms with Gasteiger partial charge in [-0.15, -0.1) is 0 Å². The maximum absolute atomic E-state index is 11.2. The minimum Gasteiger partial charge on any atom is -0.478 e. The van der Waals surface area contributed by atoms with Crippen LogP contribution in [0.2, 0.25) is 0 Å². The van der Waals surface area contributed by atoms with E-state index >= 15 is 0 Å². The van der Waals surface area contributed by atoms with Crippen LogP contribution in [0.25, 0.3) is 0 Å². The number of aromatic carboxylic acids is 1. The van der Waals surface area contributed by atoms with Gasteiger partial charge < -0.3 is 16.0 Å². The van der Waals surface area contributed by atoms with Gasteiger partial charge in [-0.3, -0.25) is 4.55 Å². The van der Waals surface area contributed by atoms with E-state index in [4.69, 9.17) is 9.66 Å². The Morgan fingerprint density at radius 1 is 1.00 bits per heavy atom. The fourth-order valence-corrected chi connectivity index (χ4v) is 2.14. The molecule has 0 atom stereocenters. The molecule has 0 aromatic heterocycles. The molecule has 2 rings (SSSR count). The van der Waals surface area contributed by atoms with Gasteiger partial charge in [0, 0.05) is 0 Å². The van der Waals surface area contributed by atoms with E-state index in [-0.39, 0.29) is 11.3 Å². The fraction of sp³-hybridized carbons (Fsp3) is 0. The quantitative estimate of drug-likeness (QED) is 0.493. The lowest BCUT2D eigenvalue weighted by Gasteiger charge is -2.12. The molecule has 0 aliphatic carbocycles. The van der Waals surface area contributed by atoms with Gasteiger partial charge in [-0.2, -0.15) is 8.42 Å². The molecule has 4 N–H and O–H groups in total. The van der Waals surface area contributed by atoms with E-state index in [1.54, 1.807) is 24.3 Å². The molecule has 0 fully saturated rings. The Hall–Kier alpha value is -2.58. The maximum Gasteiger partial charge on any atom is 0.337 e. The van der Waals surface area contributed by atoms with Crippen molar-refractivity contribution in [3.8, 4) is 0 Å². The number of para-hydroxylation sites is 1. The minimum absolute atomic E-state index is 0.166. The average molecular weight is 308 g/mol. The van der Waals surface area contributed by atoms with E-state index in [9.17, 15) is 13.2 Å². The van der Waals surface area contributed by atoms with Crippen LogP contribution in [0.4, 0.5) is 11.4 Å². The van der Waals surface area contributed by atoms with Crippen LogP contribution in [0, 0.1) is 0 Å². The Kier molecular flexibility index (Phi) is 4.10. The molecule has 0 bridgehead atoms. The van der Waals surface area contributed by atoms with Gasteiger partial charge in [-0.1, -0.05) is 18.2 Å². The first kappa shape index (κ1) is 14.8. The third-order valence-corrected chi connectivity index (χ3v) is 3.48. The summed E-state index contributed by atoms with van der Waals surface area (Å²) in [4.78, 5) is 10.7. The summed E-state index contributed by atoms with van der Waals surface area (Å²) in [6.07, 6.45) is 0. The molecule has 0 amide bonds. The van der Waals surface area contributed by atoms with Crippen LogP contribution in [-0.2, 0) is 10.1 Å². The van der Waals surface area contributed by atoms with Gasteiger partial charge in [0.2, 0.25) is 0 Å². The van der Waals surface area contributed by atoms with Crippen molar-refractivity contribution in [1.82, 2.24) is 0 Å². The summed E-state index contributed by atoms with van der Waals surface area (Å²) in [7, 11) is -4.45. The number of anilines is 2. The van der Waals surface area contributed by atoms with E-state index in [1.807, 2.05) is 6.07 Å². The molecule has 2 aromatic rings. The van der Waals surface area contributed by atoms with Gasteiger partial charge >= 0.3 is 5.97 Å². The fourth-order valence-electron chi connectivity index (χ4n) is 1.63. The van der Waals surface area contributed by atoms with Crippen molar-refractivity contribution in [2.75, 3.05) is 10.9 Å². The number of rotatable bonds is 5. The molecule has 0 aliphatic heterocycles. The number of hydrogen-bond donors (Lipinski definition) is 4. The molecular weight excluding hydrogens is 296 g/mol. The molecule has 110 valence electrons. The van der Waals surface area contributed by atoms with E-state index < -0.39 is 21.0 Å². The van der Waals surface area contributed by atoms with Gasteiger partial charge in [0.25, 0.3) is 10.1 Å². The molecule has 0 radical (unpaired) electrons. The van der Waals surface area contributed by atoms with Crippen molar-refractivity contribution in [2.24, 2.45) is 0 Å². The third kappa shape index (κ3) is 3.71. The lowest BCUT2D eigenvalue weighted by molar-refractivity contribution is 0.0697.